The van der Waals surface area contributed by atoms with Crippen LogP contribution in [-0.2, 0) is 9.72 Å². The number of hydrogen-bond donors (Lipinski definition) is 0. The lowest BCUT2D eigenvalue weighted by molar-refractivity contribution is 0.102. The molecule has 0 amide bonds. The fourth-order valence-electron chi connectivity index (χ4n) is 6.30. The highest BCUT2D eigenvalue weighted by atomic mass is 32.2. The standard InChI is InChI=1S/C34H37O3PS/c1-21-17-23(3)30(24(4)18-21)32(35)38(37,33(36)31-25(5)19-22(2)20-26(31)6)34(16-10-9-11-27(34)7)28-12-14-29(39-8)15-13-28/h9-20,27H,1-8H3. The second-order valence-electron chi connectivity index (χ2n) is 10.9. The molecule has 0 saturated heterocycles. The number of aryl methyl sites for hydroxylation is 6. The number of carbonyl (C=O) groups is 2. The van der Waals surface area contributed by atoms with Gasteiger partial charge in [-0.25, -0.2) is 0 Å². The maximum atomic E-state index is 16.0. The first-order valence-corrected chi connectivity index (χ1v) is 16.2. The summed E-state index contributed by atoms with van der Waals surface area (Å²) in [5, 5.41) is -1.33. The molecule has 0 aliphatic heterocycles. The van der Waals surface area contributed by atoms with Gasteiger partial charge in [0.15, 0.2) is 0 Å². The summed E-state index contributed by atoms with van der Waals surface area (Å²) in [5.74, 6) is -0.363. The van der Waals surface area contributed by atoms with Gasteiger partial charge in [0.1, 0.15) is 0 Å². The molecular weight excluding hydrogens is 519 g/mol. The Balaban J connectivity index is 2.14. The largest absolute Gasteiger partial charge is 0.305 e. The van der Waals surface area contributed by atoms with Crippen molar-refractivity contribution < 1.29 is 14.2 Å². The number of hydrogen-bond acceptors (Lipinski definition) is 4. The van der Waals surface area contributed by atoms with Gasteiger partial charge >= 0.3 is 0 Å². The van der Waals surface area contributed by atoms with Crippen molar-refractivity contribution in [2.45, 2.75) is 58.5 Å². The topological polar surface area (TPSA) is 51.2 Å². The third kappa shape index (κ3) is 4.72. The van der Waals surface area contributed by atoms with E-state index in [1.165, 1.54) is 0 Å². The predicted molar refractivity (Wildman–Crippen MR) is 165 cm³/mol. The van der Waals surface area contributed by atoms with Crippen LogP contribution in [-0.4, -0.2) is 17.3 Å². The van der Waals surface area contributed by atoms with Crippen molar-refractivity contribution in [3.8, 4) is 0 Å². The molecule has 202 valence electrons. The van der Waals surface area contributed by atoms with Crippen LogP contribution in [0.2, 0.25) is 0 Å². The molecule has 2 unspecified atom stereocenters. The van der Waals surface area contributed by atoms with Crippen LogP contribution in [0.1, 0.15) is 66.6 Å². The van der Waals surface area contributed by atoms with Gasteiger partial charge in [-0.1, -0.05) is 78.8 Å². The van der Waals surface area contributed by atoms with Gasteiger partial charge in [-0.05, 0) is 93.7 Å². The average Bonchev–Trinajstić information content (AvgIpc) is 2.87. The first-order chi connectivity index (χ1) is 18.4. The van der Waals surface area contributed by atoms with E-state index in [4.69, 9.17) is 0 Å². The molecular formula is C34H37O3PS. The summed E-state index contributed by atoms with van der Waals surface area (Å²) in [7, 11) is -4.41. The highest BCUT2D eigenvalue weighted by Gasteiger charge is 2.60. The molecule has 3 nitrogen and oxygen atoms in total. The van der Waals surface area contributed by atoms with Crippen molar-refractivity contribution in [1.29, 1.82) is 0 Å². The van der Waals surface area contributed by atoms with E-state index < -0.39 is 23.3 Å². The Morgan fingerprint density at radius 1 is 0.744 bits per heavy atom. The van der Waals surface area contributed by atoms with E-state index in [0.717, 1.165) is 38.3 Å². The Kier molecular flexibility index (Phi) is 8.13. The van der Waals surface area contributed by atoms with Crippen LogP contribution in [0.15, 0.2) is 77.7 Å². The second-order valence-corrected chi connectivity index (χ2v) is 14.5. The summed E-state index contributed by atoms with van der Waals surface area (Å²) in [6.07, 6.45) is 9.54. The lowest BCUT2D eigenvalue weighted by Crippen LogP contribution is -2.38. The molecule has 0 heterocycles. The highest BCUT2D eigenvalue weighted by Crippen LogP contribution is 2.71. The number of carbonyl (C=O) groups excluding carboxylic acids is 2. The summed E-state index contributed by atoms with van der Waals surface area (Å²) in [6, 6.07) is 15.5. The summed E-state index contributed by atoms with van der Waals surface area (Å²) in [5.41, 5.74) is 5.32. The van der Waals surface area contributed by atoms with Gasteiger partial charge in [0.2, 0.25) is 18.2 Å². The number of rotatable bonds is 7. The van der Waals surface area contributed by atoms with Crippen LogP contribution in [0.4, 0.5) is 0 Å². The Hall–Kier alpha value is -2.94. The van der Waals surface area contributed by atoms with Crippen molar-refractivity contribution in [2.24, 2.45) is 5.92 Å². The first-order valence-electron chi connectivity index (χ1n) is 13.2. The van der Waals surface area contributed by atoms with E-state index in [0.29, 0.717) is 16.7 Å². The minimum atomic E-state index is -4.41. The van der Waals surface area contributed by atoms with Crippen molar-refractivity contribution in [2.75, 3.05) is 6.26 Å². The zero-order valence-electron chi connectivity index (χ0n) is 24.1. The molecule has 0 aromatic heterocycles. The zero-order chi connectivity index (χ0) is 28.7. The van der Waals surface area contributed by atoms with Gasteiger partial charge in [0.05, 0.1) is 5.16 Å². The van der Waals surface area contributed by atoms with Crippen molar-refractivity contribution in [3.05, 3.63) is 123 Å². The number of allylic oxidation sites excluding steroid dienone is 4. The molecule has 0 N–H and O–H groups in total. The van der Waals surface area contributed by atoms with Crippen molar-refractivity contribution in [1.82, 2.24) is 0 Å². The van der Waals surface area contributed by atoms with Crippen LogP contribution in [0.5, 0.6) is 0 Å². The quantitative estimate of drug-likeness (QED) is 0.215. The van der Waals surface area contributed by atoms with Gasteiger partial charge < -0.3 is 4.57 Å². The maximum absolute atomic E-state index is 16.0. The molecule has 0 spiro atoms. The van der Waals surface area contributed by atoms with Crippen LogP contribution in [0.3, 0.4) is 0 Å². The zero-order valence-corrected chi connectivity index (χ0v) is 25.8. The molecule has 0 fully saturated rings. The van der Waals surface area contributed by atoms with Gasteiger partial charge in [-0.15, -0.1) is 11.8 Å². The van der Waals surface area contributed by atoms with Gasteiger partial charge in [-0.3, -0.25) is 9.59 Å². The van der Waals surface area contributed by atoms with E-state index in [1.807, 2.05) is 128 Å². The number of benzene rings is 3. The van der Waals surface area contributed by atoms with Crippen LogP contribution >= 0.6 is 18.9 Å². The molecule has 39 heavy (non-hydrogen) atoms. The summed E-state index contributed by atoms with van der Waals surface area (Å²) in [4.78, 5) is 30.9. The SMILES string of the molecule is CSc1ccc(C2(P(=O)(C(=O)c3c(C)cc(C)cc3C)C(=O)c3c(C)cc(C)cc3C)C=CC=CC2C)cc1. The van der Waals surface area contributed by atoms with E-state index in [9.17, 15) is 9.59 Å². The molecule has 3 aromatic rings. The lowest BCUT2D eigenvalue weighted by Gasteiger charge is -2.42. The van der Waals surface area contributed by atoms with E-state index >= 15 is 4.57 Å². The van der Waals surface area contributed by atoms with Crippen LogP contribution in [0, 0.1) is 47.5 Å². The fourth-order valence-corrected chi connectivity index (χ4v) is 10.4. The van der Waals surface area contributed by atoms with Crippen molar-refractivity contribution in [3.63, 3.8) is 0 Å². The predicted octanol–water partition coefficient (Wildman–Crippen LogP) is 9.26. The summed E-state index contributed by atoms with van der Waals surface area (Å²) < 4.78 is 16.0. The van der Waals surface area contributed by atoms with Gasteiger partial charge in [0, 0.05) is 16.0 Å². The monoisotopic (exact) mass is 556 g/mol. The van der Waals surface area contributed by atoms with Gasteiger partial charge in [-0.2, -0.15) is 0 Å². The Morgan fingerprint density at radius 3 is 1.56 bits per heavy atom. The molecule has 0 saturated carbocycles. The number of thioether (sulfide) groups is 1. The maximum Gasteiger partial charge on any atom is 0.235 e. The third-order valence-corrected chi connectivity index (χ3v) is 12.2. The van der Waals surface area contributed by atoms with Crippen molar-refractivity contribution >= 4 is 30.0 Å². The lowest BCUT2D eigenvalue weighted by atomic mass is 9.83. The van der Waals surface area contributed by atoms with E-state index in [2.05, 4.69) is 0 Å². The Labute approximate surface area is 237 Å². The fraction of sp³-hybridized carbons (Fsp3) is 0.294. The van der Waals surface area contributed by atoms with E-state index in [-0.39, 0.29) is 5.92 Å². The first kappa shape index (κ1) is 29.1. The molecule has 1 aliphatic rings. The Bertz CT molecular complexity index is 1460. The molecule has 0 bridgehead atoms. The second kappa shape index (κ2) is 10.9. The summed E-state index contributed by atoms with van der Waals surface area (Å²) >= 11 is 1.61. The molecule has 3 aromatic carbocycles. The average molecular weight is 557 g/mol. The highest BCUT2D eigenvalue weighted by molar-refractivity contribution is 7.98. The third-order valence-electron chi connectivity index (χ3n) is 7.98. The minimum absolute atomic E-state index is 0.363. The van der Waals surface area contributed by atoms with Crippen LogP contribution < -0.4 is 0 Å². The normalized spacial score (nSPS) is 18.8. The molecule has 0 radical (unpaired) electrons. The molecule has 1 aliphatic carbocycles. The van der Waals surface area contributed by atoms with Crippen LogP contribution in [0.25, 0.3) is 0 Å². The molecule has 4 rings (SSSR count). The minimum Gasteiger partial charge on any atom is -0.305 e. The summed E-state index contributed by atoms with van der Waals surface area (Å²) in [6.45, 7) is 13.4. The molecule has 5 heteroatoms. The Morgan fingerprint density at radius 2 is 1.18 bits per heavy atom. The smallest absolute Gasteiger partial charge is 0.235 e. The molecule has 2 atom stereocenters. The van der Waals surface area contributed by atoms with E-state index in [1.54, 1.807) is 11.8 Å². The van der Waals surface area contributed by atoms with Gasteiger partial charge in [0.25, 0.3) is 0 Å².